The van der Waals surface area contributed by atoms with Gasteiger partial charge in [0, 0.05) is 35.9 Å². The number of ether oxygens (including phenoxy) is 1. The summed E-state index contributed by atoms with van der Waals surface area (Å²) in [5, 5.41) is 4.89. The minimum Gasteiger partial charge on any atom is -0.488 e. The van der Waals surface area contributed by atoms with E-state index in [2.05, 4.69) is 26.0 Å². The van der Waals surface area contributed by atoms with Crippen LogP contribution >= 0.6 is 15.9 Å². The topological polar surface area (TPSA) is 59.7 Å². The molecular weight excluding hydrogens is 487 g/mol. The number of anilines is 1. The highest BCUT2D eigenvalue weighted by Crippen LogP contribution is 2.25. The lowest BCUT2D eigenvalue weighted by Crippen LogP contribution is -2.20. The standard InChI is InChI=1S/C25H22BrFN4O2/c1-16-29-23-11-7-19(26)12-22(23)25(32)31(16)28-14-18-6-10-21(30(2)3)13-24(18)33-15-17-4-8-20(27)9-5-17/h4-14H,15H2,1-3H3. The van der Waals surface area contributed by atoms with Gasteiger partial charge in [-0.3, -0.25) is 4.79 Å². The van der Waals surface area contributed by atoms with Gasteiger partial charge in [-0.1, -0.05) is 28.1 Å². The maximum absolute atomic E-state index is 13.2. The first-order valence-corrected chi connectivity index (χ1v) is 11.0. The van der Waals surface area contributed by atoms with Crippen molar-refractivity contribution in [1.82, 2.24) is 9.66 Å². The third kappa shape index (κ3) is 5.12. The zero-order valence-corrected chi connectivity index (χ0v) is 20.0. The van der Waals surface area contributed by atoms with Crippen molar-refractivity contribution in [3.8, 4) is 5.75 Å². The summed E-state index contributed by atoms with van der Waals surface area (Å²) >= 11 is 3.40. The van der Waals surface area contributed by atoms with Gasteiger partial charge in [0.25, 0.3) is 5.56 Å². The zero-order valence-electron chi connectivity index (χ0n) is 18.4. The van der Waals surface area contributed by atoms with Crippen LogP contribution in [0.3, 0.4) is 0 Å². The van der Waals surface area contributed by atoms with Crippen molar-refractivity contribution in [2.24, 2.45) is 5.10 Å². The molecule has 8 heteroatoms. The molecule has 0 saturated carbocycles. The van der Waals surface area contributed by atoms with Crippen LogP contribution < -0.4 is 15.2 Å². The third-order valence-electron chi connectivity index (χ3n) is 5.10. The Balaban J connectivity index is 1.70. The molecule has 4 aromatic rings. The van der Waals surface area contributed by atoms with Crippen molar-refractivity contribution in [2.75, 3.05) is 19.0 Å². The lowest BCUT2D eigenvalue weighted by atomic mass is 10.2. The van der Waals surface area contributed by atoms with Crippen molar-refractivity contribution >= 4 is 38.7 Å². The van der Waals surface area contributed by atoms with E-state index in [1.165, 1.54) is 16.8 Å². The monoisotopic (exact) mass is 508 g/mol. The second-order valence-corrected chi connectivity index (χ2v) is 8.63. The Labute approximate surface area is 199 Å². The number of halogens is 2. The number of nitrogens with zero attached hydrogens (tertiary/aromatic N) is 4. The summed E-state index contributed by atoms with van der Waals surface area (Å²) in [7, 11) is 3.88. The van der Waals surface area contributed by atoms with Crippen molar-refractivity contribution < 1.29 is 9.13 Å². The van der Waals surface area contributed by atoms with Crippen LogP contribution in [0.25, 0.3) is 10.9 Å². The SMILES string of the molecule is Cc1nc2ccc(Br)cc2c(=O)n1N=Cc1ccc(N(C)C)cc1OCc1ccc(F)cc1. The Morgan fingerprint density at radius 2 is 1.88 bits per heavy atom. The fourth-order valence-electron chi connectivity index (χ4n) is 3.29. The Morgan fingerprint density at radius 3 is 2.61 bits per heavy atom. The minimum absolute atomic E-state index is 0.256. The Bertz CT molecular complexity index is 1400. The molecule has 0 atom stereocenters. The molecule has 6 nitrogen and oxygen atoms in total. The number of rotatable bonds is 6. The highest BCUT2D eigenvalue weighted by atomic mass is 79.9. The van der Waals surface area contributed by atoms with Gasteiger partial charge in [0.1, 0.15) is 24.0 Å². The van der Waals surface area contributed by atoms with Gasteiger partial charge in [-0.2, -0.15) is 9.78 Å². The van der Waals surface area contributed by atoms with E-state index in [0.29, 0.717) is 28.0 Å². The van der Waals surface area contributed by atoms with Crippen LogP contribution in [0, 0.1) is 12.7 Å². The van der Waals surface area contributed by atoms with Crippen molar-refractivity contribution in [3.63, 3.8) is 0 Å². The number of aromatic nitrogens is 2. The molecule has 0 N–H and O–H groups in total. The van der Waals surface area contributed by atoms with E-state index in [1.54, 1.807) is 37.4 Å². The maximum Gasteiger partial charge on any atom is 0.282 e. The molecule has 0 aliphatic rings. The second kappa shape index (κ2) is 9.54. The molecule has 0 bridgehead atoms. The van der Waals surface area contributed by atoms with Gasteiger partial charge < -0.3 is 9.64 Å². The second-order valence-electron chi connectivity index (χ2n) is 7.71. The zero-order chi connectivity index (χ0) is 23.5. The summed E-state index contributed by atoms with van der Waals surface area (Å²) in [5.41, 5.74) is 2.85. The van der Waals surface area contributed by atoms with E-state index in [0.717, 1.165) is 15.7 Å². The molecule has 0 spiro atoms. The quantitative estimate of drug-likeness (QED) is 0.338. The van der Waals surface area contributed by atoms with Crippen molar-refractivity contribution in [2.45, 2.75) is 13.5 Å². The first-order valence-electron chi connectivity index (χ1n) is 10.2. The fraction of sp³-hybridized carbons (Fsp3) is 0.160. The summed E-state index contributed by atoms with van der Waals surface area (Å²) in [6, 6.07) is 17.3. The molecule has 0 aliphatic carbocycles. The van der Waals surface area contributed by atoms with Gasteiger partial charge in [0.05, 0.1) is 17.1 Å². The highest BCUT2D eigenvalue weighted by Gasteiger charge is 2.10. The number of hydrogen-bond acceptors (Lipinski definition) is 5. The molecule has 0 radical (unpaired) electrons. The van der Waals surface area contributed by atoms with Gasteiger partial charge in [-0.15, -0.1) is 0 Å². The predicted molar refractivity (Wildman–Crippen MR) is 133 cm³/mol. The molecule has 0 amide bonds. The van der Waals surface area contributed by atoms with Crippen LogP contribution in [-0.2, 0) is 6.61 Å². The lowest BCUT2D eigenvalue weighted by molar-refractivity contribution is 0.305. The molecule has 0 fully saturated rings. The minimum atomic E-state index is -0.294. The Morgan fingerprint density at radius 1 is 1.12 bits per heavy atom. The first-order chi connectivity index (χ1) is 15.8. The van der Waals surface area contributed by atoms with Crippen molar-refractivity contribution in [1.29, 1.82) is 0 Å². The van der Waals surface area contributed by atoms with Crippen LogP contribution in [0.5, 0.6) is 5.75 Å². The lowest BCUT2D eigenvalue weighted by Gasteiger charge is -2.16. The summed E-state index contributed by atoms with van der Waals surface area (Å²) in [6.45, 7) is 2.00. The van der Waals surface area contributed by atoms with Gasteiger partial charge in [-0.05, 0) is 55.0 Å². The molecule has 1 heterocycles. The van der Waals surface area contributed by atoms with E-state index in [9.17, 15) is 9.18 Å². The third-order valence-corrected chi connectivity index (χ3v) is 5.60. The maximum atomic E-state index is 13.2. The van der Waals surface area contributed by atoms with Crippen LogP contribution in [0.15, 0.2) is 75.0 Å². The first kappa shape index (κ1) is 22.7. The smallest absolute Gasteiger partial charge is 0.282 e. The van der Waals surface area contributed by atoms with E-state index >= 15 is 0 Å². The highest BCUT2D eigenvalue weighted by molar-refractivity contribution is 9.10. The number of aryl methyl sites for hydroxylation is 1. The molecule has 168 valence electrons. The molecule has 1 aromatic heterocycles. The van der Waals surface area contributed by atoms with E-state index in [4.69, 9.17) is 4.74 Å². The van der Waals surface area contributed by atoms with Crippen LogP contribution in [0.2, 0.25) is 0 Å². The summed E-state index contributed by atoms with van der Waals surface area (Å²) in [6.07, 6.45) is 1.58. The average Bonchev–Trinajstić information content (AvgIpc) is 2.79. The van der Waals surface area contributed by atoms with Crippen LogP contribution in [-0.4, -0.2) is 30.0 Å². The number of hydrogen-bond donors (Lipinski definition) is 0. The number of fused-ring (bicyclic) bond motifs is 1. The largest absolute Gasteiger partial charge is 0.488 e. The van der Waals surface area contributed by atoms with Crippen molar-refractivity contribution in [3.05, 3.63) is 98.3 Å². The molecule has 33 heavy (non-hydrogen) atoms. The van der Waals surface area contributed by atoms with Gasteiger partial charge in [0.15, 0.2) is 0 Å². The molecule has 0 unspecified atom stereocenters. The van der Waals surface area contributed by atoms with Gasteiger partial charge in [-0.25, -0.2) is 9.37 Å². The molecular formula is C25H22BrFN4O2. The fourth-order valence-corrected chi connectivity index (χ4v) is 3.65. The van der Waals surface area contributed by atoms with Gasteiger partial charge in [0.2, 0.25) is 0 Å². The Hall–Kier alpha value is -3.52. The summed E-state index contributed by atoms with van der Waals surface area (Å²) in [4.78, 5) is 19.5. The van der Waals surface area contributed by atoms with E-state index in [1.807, 2.05) is 43.3 Å². The molecule has 3 aromatic carbocycles. The average molecular weight is 509 g/mol. The predicted octanol–water partition coefficient (Wildman–Crippen LogP) is 5.13. The van der Waals surface area contributed by atoms with E-state index < -0.39 is 0 Å². The molecule has 0 aliphatic heterocycles. The normalized spacial score (nSPS) is 11.3. The van der Waals surface area contributed by atoms with Crippen LogP contribution in [0.4, 0.5) is 10.1 Å². The Kier molecular flexibility index (Phi) is 6.55. The summed E-state index contributed by atoms with van der Waals surface area (Å²) in [5.74, 6) is 0.777. The molecule has 0 saturated heterocycles. The summed E-state index contributed by atoms with van der Waals surface area (Å²) < 4.78 is 21.3. The van der Waals surface area contributed by atoms with Crippen LogP contribution in [0.1, 0.15) is 17.0 Å². The molecule has 4 rings (SSSR count). The van der Waals surface area contributed by atoms with E-state index in [-0.39, 0.29) is 18.0 Å². The number of benzene rings is 3. The van der Waals surface area contributed by atoms with Gasteiger partial charge >= 0.3 is 0 Å².